The number of nitrogens with one attached hydrogen (secondary N) is 1. The maximum Gasteiger partial charge on any atom is 0.329 e. The van der Waals surface area contributed by atoms with Crippen molar-refractivity contribution in [3.05, 3.63) is 67.2 Å². The Morgan fingerprint density at radius 1 is 1.15 bits per heavy atom. The molecule has 7 heteroatoms. The predicted octanol–water partition coefficient (Wildman–Crippen LogP) is 2.59. The summed E-state index contributed by atoms with van der Waals surface area (Å²) >= 11 is 1.17. The standard InChI is InChI=1S/C19H21N3O3S/c1-4-21(5-2)18(24)15-12(3)14-16(26-15)20-19(25)22(17(14)23)11-13-9-7-6-8-10-13/h6-10H,4-5,11H2,1-3H3,(H,20,25). The number of carbonyl (C=O) groups excluding carboxylic acids is 1. The zero-order valence-corrected chi connectivity index (χ0v) is 15.9. The van der Waals surface area contributed by atoms with Crippen LogP contribution in [0.4, 0.5) is 0 Å². The highest BCUT2D eigenvalue weighted by atomic mass is 32.1. The normalized spacial score (nSPS) is 11.0. The first-order valence-electron chi connectivity index (χ1n) is 8.57. The Morgan fingerprint density at radius 3 is 2.42 bits per heavy atom. The Labute approximate surface area is 154 Å². The number of hydrogen-bond donors (Lipinski definition) is 1. The number of benzene rings is 1. The Balaban J connectivity index is 2.15. The van der Waals surface area contributed by atoms with Gasteiger partial charge in [-0.2, -0.15) is 0 Å². The van der Waals surface area contributed by atoms with Gasteiger partial charge in [0.1, 0.15) is 4.83 Å². The number of amides is 1. The van der Waals surface area contributed by atoms with Gasteiger partial charge in [-0.1, -0.05) is 30.3 Å². The summed E-state index contributed by atoms with van der Waals surface area (Å²) in [5.74, 6) is -0.108. The SMILES string of the molecule is CCN(CC)C(=O)c1sc2[nH]c(=O)n(Cc3ccccc3)c(=O)c2c1C. The number of aromatic nitrogens is 2. The fourth-order valence-electron chi connectivity index (χ4n) is 3.02. The van der Waals surface area contributed by atoms with Crippen molar-refractivity contribution in [1.29, 1.82) is 0 Å². The number of fused-ring (bicyclic) bond motifs is 1. The summed E-state index contributed by atoms with van der Waals surface area (Å²) in [7, 11) is 0. The molecular formula is C19H21N3O3S. The molecule has 0 aliphatic carbocycles. The Morgan fingerprint density at radius 2 is 1.81 bits per heavy atom. The molecule has 0 aliphatic heterocycles. The van der Waals surface area contributed by atoms with Gasteiger partial charge in [0.15, 0.2) is 0 Å². The second-order valence-electron chi connectivity index (χ2n) is 6.04. The van der Waals surface area contributed by atoms with Crippen LogP contribution in [0.3, 0.4) is 0 Å². The first-order chi connectivity index (χ1) is 12.5. The van der Waals surface area contributed by atoms with E-state index in [4.69, 9.17) is 0 Å². The van der Waals surface area contributed by atoms with Crippen molar-refractivity contribution in [2.24, 2.45) is 0 Å². The van der Waals surface area contributed by atoms with Crippen LogP contribution in [0.1, 0.15) is 34.6 Å². The number of rotatable bonds is 5. The average molecular weight is 371 g/mol. The quantitative estimate of drug-likeness (QED) is 0.749. The van der Waals surface area contributed by atoms with E-state index in [9.17, 15) is 14.4 Å². The molecule has 3 rings (SSSR count). The molecule has 0 fully saturated rings. The van der Waals surface area contributed by atoms with E-state index >= 15 is 0 Å². The van der Waals surface area contributed by atoms with Gasteiger partial charge in [0.2, 0.25) is 0 Å². The number of aromatic amines is 1. The van der Waals surface area contributed by atoms with E-state index in [0.717, 1.165) is 5.56 Å². The van der Waals surface area contributed by atoms with Gasteiger partial charge >= 0.3 is 5.69 Å². The number of nitrogens with zero attached hydrogens (tertiary/aromatic N) is 2. The fraction of sp³-hybridized carbons (Fsp3) is 0.316. The molecule has 3 aromatic rings. The van der Waals surface area contributed by atoms with E-state index in [1.807, 2.05) is 44.2 Å². The zero-order chi connectivity index (χ0) is 18.8. The van der Waals surface area contributed by atoms with Gasteiger partial charge in [-0.25, -0.2) is 4.79 Å². The lowest BCUT2D eigenvalue weighted by Gasteiger charge is -2.17. The summed E-state index contributed by atoms with van der Waals surface area (Å²) in [6.07, 6.45) is 0. The van der Waals surface area contributed by atoms with Crippen molar-refractivity contribution in [1.82, 2.24) is 14.5 Å². The van der Waals surface area contributed by atoms with Gasteiger partial charge in [-0.05, 0) is 31.9 Å². The molecule has 0 saturated carbocycles. The summed E-state index contributed by atoms with van der Waals surface area (Å²) in [6.45, 7) is 6.98. The van der Waals surface area contributed by atoms with Gasteiger partial charge in [-0.15, -0.1) is 11.3 Å². The van der Waals surface area contributed by atoms with Crippen LogP contribution in [-0.4, -0.2) is 33.4 Å². The molecular weight excluding hydrogens is 350 g/mol. The molecule has 0 atom stereocenters. The van der Waals surface area contributed by atoms with Gasteiger partial charge in [0.25, 0.3) is 11.5 Å². The van der Waals surface area contributed by atoms with Crippen molar-refractivity contribution in [2.45, 2.75) is 27.3 Å². The number of carbonyl (C=O) groups is 1. The van der Waals surface area contributed by atoms with Gasteiger partial charge in [0, 0.05) is 13.1 Å². The summed E-state index contributed by atoms with van der Waals surface area (Å²) in [6, 6.07) is 9.35. The van der Waals surface area contributed by atoms with Crippen LogP contribution in [0.15, 0.2) is 39.9 Å². The van der Waals surface area contributed by atoms with Gasteiger partial charge in [0.05, 0.1) is 16.8 Å². The Bertz CT molecular complexity index is 1060. The molecule has 0 bridgehead atoms. The number of H-pyrrole nitrogens is 1. The smallest absolute Gasteiger partial charge is 0.329 e. The van der Waals surface area contributed by atoms with Crippen molar-refractivity contribution < 1.29 is 4.79 Å². The predicted molar refractivity (Wildman–Crippen MR) is 104 cm³/mol. The highest BCUT2D eigenvalue weighted by Gasteiger charge is 2.22. The first-order valence-corrected chi connectivity index (χ1v) is 9.39. The maximum atomic E-state index is 12.9. The van der Waals surface area contributed by atoms with Crippen molar-refractivity contribution in [3.63, 3.8) is 0 Å². The molecule has 2 aromatic heterocycles. The summed E-state index contributed by atoms with van der Waals surface area (Å²) in [4.78, 5) is 43.5. The Hall–Kier alpha value is -2.67. The zero-order valence-electron chi connectivity index (χ0n) is 15.0. The number of thiophene rings is 1. The molecule has 0 radical (unpaired) electrons. The van der Waals surface area contributed by atoms with Crippen LogP contribution in [0.25, 0.3) is 10.2 Å². The molecule has 0 saturated heterocycles. The van der Waals surface area contributed by atoms with Gasteiger partial charge < -0.3 is 4.90 Å². The summed E-state index contributed by atoms with van der Waals surface area (Å²) in [5.41, 5.74) is 0.672. The summed E-state index contributed by atoms with van der Waals surface area (Å²) in [5, 5.41) is 0.418. The third-order valence-electron chi connectivity index (χ3n) is 4.50. The fourth-order valence-corrected chi connectivity index (χ4v) is 4.18. The lowest BCUT2D eigenvalue weighted by molar-refractivity contribution is 0.0777. The lowest BCUT2D eigenvalue weighted by Crippen LogP contribution is -2.35. The van der Waals surface area contributed by atoms with Crippen LogP contribution in [-0.2, 0) is 6.54 Å². The number of hydrogen-bond acceptors (Lipinski definition) is 4. The molecule has 136 valence electrons. The minimum absolute atomic E-state index is 0.108. The second-order valence-corrected chi connectivity index (χ2v) is 7.07. The van der Waals surface area contributed by atoms with Crippen LogP contribution in [0, 0.1) is 6.92 Å². The van der Waals surface area contributed by atoms with E-state index in [-0.39, 0.29) is 18.0 Å². The van der Waals surface area contributed by atoms with E-state index in [1.165, 1.54) is 15.9 Å². The second kappa shape index (κ2) is 7.29. The van der Waals surface area contributed by atoms with Crippen LogP contribution >= 0.6 is 11.3 Å². The lowest BCUT2D eigenvalue weighted by atomic mass is 10.2. The largest absolute Gasteiger partial charge is 0.338 e. The van der Waals surface area contributed by atoms with Crippen molar-refractivity contribution in [3.8, 4) is 0 Å². The molecule has 2 heterocycles. The highest BCUT2D eigenvalue weighted by molar-refractivity contribution is 7.20. The van der Waals surface area contributed by atoms with Crippen LogP contribution < -0.4 is 11.2 Å². The molecule has 0 unspecified atom stereocenters. The minimum atomic E-state index is -0.463. The van der Waals surface area contributed by atoms with E-state index in [0.29, 0.717) is 33.7 Å². The monoisotopic (exact) mass is 371 g/mol. The molecule has 1 N–H and O–H groups in total. The third-order valence-corrected chi connectivity index (χ3v) is 5.70. The highest BCUT2D eigenvalue weighted by Crippen LogP contribution is 2.27. The maximum absolute atomic E-state index is 12.9. The van der Waals surface area contributed by atoms with Crippen molar-refractivity contribution in [2.75, 3.05) is 13.1 Å². The molecule has 26 heavy (non-hydrogen) atoms. The first kappa shape index (κ1) is 18.1. The molecule has 0 spiro atoms. The molecule has 0 aliphatic rings. The van der Waals surface area contributed by atoms with Crippen LogP contribution in [0.2, 0.25) is 0 Å². The van der Waals surface area contributed by atoms with E-state index in [2.05, 4.69) is 4.98 Å². The minimum Gasteiger partial charge on any atom is -0.338 e. The van der Waals surface area contributed by atoms with Crippen LogP contribution in [0.5, 0.6) is 0 Å². The summed E-state index contributed by atoms with van der Waals surface area (Å²) < 4.78 is 1.18. The third kappa shape index (κ3) is 3.10. The van der Waals surface area contributed by atoms with Gasteiger partial charge in [-0.3, -0.25) is 19.1 Å². The van der Waals surface area contributed by atoms with Crippen molar-refractivity contribution >= 4 is 27.5 Å². The average Bonchev–Trinajstić information content (AvgIpc) is 2.96. The topological polar surface area (TPSA) is 75.2 Å². The van der Waals surface area contributed by atoms with E-state index < -0.39 is 5.69 Å². The molecule has 1 aromatic carbocycles. The number of aryl methyl sites for hydroxylation is 1. The Kier molecular flexibility index (Phi) is 5.08. The molecule has 6 nitrogen and oxygen atoms in total. The van der Waals surface area contributed by atoms with E-state index in [1.54, 1.807) is 11.8 Å². The molecule has 1 amide bonds.